The Hall–Kier alpha value is -0.560. The number of nitrogens with two attached hydrogens (primary N) is 1. The molecule has 1 aromatic carbocycles. The van der Waals surface area contributed by atoms with Gasteiger partial charge in [0.1, 0.15) is 5.82 Å². The molecule has 0 saturated carbocycles. The van der Waals surface area contributed by atoms with Crippen molar-refractivity contribution in [3.8, 4) is 0 Å². The molecule has 1 aliphatic heterocycles. The van der Waals surface area contributed by atoms with Crippen molar-refractivity contribution >= 4 is 34.0 Å². The highest BCUT2D eigenvalue weighted by atomic mass is 127. The predicted molar refractivity (Wildman–Crippen MR) is 75.8 cm³/mol. The lowest BCUT2D eigenvalue weighted by Crippen LogP contribution is -2.29. The Bertz CT molecular complexity index is 408. The molecule has 5 heteroatoms. The highest BCUT2D eigenvalue weighted by Crippen LogP contribution is 2.27. The fourth-order valence-electron chi connectivity index (χ4n) is 2.07. The first-order valence-electron chi connectivity index (χ1n) is 5.65. The average molecular weight is 350 g/mol. The van der Waals surface area contributed by atoms with Crippen molar-refractivity contribution in [3.05, 3.63) is 21.5 Å². The second kappa shape index (κ2) is 5.39. The van der Waals surface area contributed by atoms with Crippen LogP contribution in [0.4, 0.5) is 15.8 Å². The van der Waals surface area contributed by atoms with Crippen LogP contribution in [0.1, 0.15) is 12.8 Å². The second-order valence-corrected chi connectivity index (χ2v) is 5.50. The van der Waals surface area contributed by atoms with Gasteiger partial charge in [-0.25, -0.2) is 4.39 Å². The van der Waals surface area contributed by atoms with E-state index >= 15 is 0 Å². The third kappa shape index (κ3) is 3.01. The van der Waals surface area contributed by atoms with Gasteiger partial charge in [-0.15, -0.1) is 0 Å². The minimum atomic E-state index is -0.228. The molecule has 1 saturated heterocycles. The van der Waals surface area contributed by atoms with E-state index in [0.29, 0.717) is 9.26 Å². The Morgan fingerprint density at radius 1 is 1.59 bits per heavy atom. The summed E-state index contributed by atoms with van der Waals surface area (Å²) in [5.41, 5.74) is 7.25. The summed E-state index contributed by atoms with van der Waals surface area (Å²) in [6, 6.07) is 3.16. The number of ether oxygens (including phenoxy) is 1. The molecule has 2 rings (SSSR count). The Kier molecular flexibility index (Phi) is 4.09. The van der Waals surface area contributed by atoms with Crippen molar-refractivity contribution < 1.29 is 9.13 Å². The Morgan fingerprint density at radius 3 is 3.00 bits per heavy atom. The SMILES string of the molecule is CN(CC1CCCO1)c1cc(F)c(I)cc1N. The van der Waals surface area contributed by atoms with Crippen molar-refractivity contribution in [1.82, 2.24) is 0 Å². The van der Waals surface area contributed by atoms with E-state index in [1.165, 1.54) is 6.07 Å². The van der Waals surface area contributed by atoms with Crippen LogP contribution in [0.3, 0.4) is 0 Å². The molecule has 17 heavy (non-hydrogen) atoms. The molecule has 1 aliphatic rings. The van der Waals surface area contributed by atoms with Crippen molar-refractivity contribution in [2.24, 2.45) is 0 Å². The fraction of sp³-hybridized carbons (Fsp3) is 0.500. The van der Waals surface area contributed by atoms with Crippen LogP contribution in [-0.4, -0.2) is 26.3 Å². The van der Waals surface area contributed by atoms with Crippen LogP contribution in [0.5, 0.6) is 0 Å². The van der Waals surface area contributed by atoms with Crippen molar-refractivity contribution in [2.75, 3.05) is 30.8 Å². The van der Waals surface area contributed by atoms with Crippen LogP contribution in [-0.2, 0) is 4.74 Å². The highest BCUT2D eigenvalue weighted by Gasteiger charge is 2.19. The molecule has 2 N–H and O–H groups in total. The summed E-state index contributed by atoms with van der Waals surface area (Å²) < 4.78 is 19.6. The number of nitrogen functional groups attached to an aromatic ring is 1. The lowest BCUT2D eigenvalue weighted by molar-refractivity contribution is 0.116. The first kappa shape index (κ1) is 12.9. The summed E-state index contributed by atoms with van der Waals surface area (Å²) in [4.78, 5) is 1.96. The number of hydrogen-bond donors (Lipinski definition) is 1. The van der Waals surface area contributed by atoms with Gasteiger partial charge in [-0.2, -0.15) is 0 Å². The zero-order valence-electron chi connectivity index (χ0n) is 9.75. The second-order valence-electron chi connectivity index (χ2n) is 4.34. The molecule has 0 amide bonds. The number of rotatable bonds is 3. The Labute approximate surface area is 114 Å². The molecule has 0 aromatic heterocycles. The van der Waals surface area contributed by atoms with Crippen molar-refractivity contribution in [2.45, 2.75) is 18.9 Å². The number of hydrogen-bond acceptors (Lipinski definition) is 3. The average Bonchev–Trinajstić information content (AvgIpc) is 2.76. The summed E-state index contributed by atoms with van der Waals surface area (Å²) in [7, 11) is 1.92. The standard InChI is InChI=1S/C12H16FIN2O/c1-16(7-8-3-2-4-17-8)12-5-9(13)10(14)6-11(12)15/h5-6,8H,2-4,7,15H2,1H3. The van der Waals surface area contributed by atoms with Crippen LogP contribution in [0, 0.1) is 9.39 Å². The van der Waals surface area contributed by atoms with Gasteiger partial charge in [-0.3, -0.25) is 0 Å². The van der Waals surface area contributed by atoms with E-state index in [2.05, 4.69) is 0 Å². The number of nitrogens with zero attached hydrogens (tertiary/aromatic N) is 1. The van der Waals surface area contributed by atoms with E-state index in [-0.39, 0.29) is 11.9 Å². The number of anilines is 2. The maximum atomic E-state index is 13.5. The topological polar surface area (TPSA) is 38.5 Å². The minimum Gasteiger partial charge on any atom is -0.397 e. The minimum absolute atomic E-state index is 0.228. The van der Waals surface area contributed by atoms with Gasteiger partial charge >= 0.3 is 0 Å². The van der Waals surface area contributed by atoms with Crippen molar-refractivity contribution in [1.29, 1.82) is 0 Å². The molecule has 1 aromatic rings. The van der Waals surface area contributed by atoms with Crippen molar-refractivity contribution in [3.63, 3.8) is 0 Å². The van der Waals surface area contributed by atoms with Crippen LogP contribution in [0.15, 0.2) is 12.1 Å². The van der Waals surface area contributed by atoms with Gasteiger partial charge in [0.25, 0.3) is 0 Å². The highest BCUT2D eigenvalue weighted by molar-refractivity contribution is 14.1. The largest absolute Gasteiger partial charge is 0.397 e. The van der Waals surface area contributed by atoms with Gasteiger partial charge in [0.15, 0.2) is 0 Å². The third-order valence-corrected chi connectivity index (χ3v) is 3.81. The number of benzene rings is 1. The maximum Gasteiger partial charge on any atom is 0.138 e. The molecule has 0 radical (unpaired) electrons. The van der Waals surface area contributed by atoms with E-state index in [4.69, 9.17) is 10.5 Å². The Morgan fingerprint density at radius 2 is 2.35 bits per heavy atom. The molecule has 0 spiro atoms. The molecule has 3 nitrogen and oxygen atoms in total. The first-order chi connectivity index (χ1) is 8.08. The summed E-state index contributed by atoms with van der Waals surface area (Å²) in [6.45, 7) is 1.58. The van der Waals surface area contributed by atoms with Gasteiger partial charge in [0, 0.05) is 26.3 Å². The zero-order valence-corrected chi connectivity index (χ0v) is 11.9. The maximum absolute atomic E-state index is 13.5. The summed E-state index contributed by atoms with van der Waals surface area (Å²) in [6.07, 6.45) is 2.41. The lowest BCUT2D eigenvalue weighted by atomic mass is 10.2. The van der Waals surface area contributed by atoms with Crippen LogP contribution in [0.25, 0.3) is 0 Å². The normalized spacial score (nSPS) is 19.6. The van der Waals surface area contributed by atoms with E-state index < -0.39 is 0 Å². The molecule has 0 aliphatic carbocycles. The smallest absolute Gasteiger partial charge is 0.138 e. The van der Waals surface area contributed by atoms with E-state index in [0.717, 1.165) is 31.7 Å². The lowest BCUT2D eigenvalue weighted by Gasteiger charge is -2.24. The van der Waals surface area contributed by atoms with E-state index in [1.54, 1.807) is 6.07 Å². The van der Waals surface area contributed by atoms with Gasteiger partial charge in [0.2, 0.25) is 0 Å². The van der Waals surface area contributed by atoms with E-state index in [1.807, 2.05) is 34.5 Å². The van der Waals surface area contributed by atoms with E-state index in [9.17, 15) is 4.39 Å². The van der Waals surface area contributed by atoms with Crippen LogP contribution in [0.2, 0.25) is 0 Å². The van der Waals surface area contributed by atoms with Crippen LogP contribution < -0.4 is 10.6 Å². The predicted octanol–water partition coefficient (Wildman–Crippen LogP) is 2.63. The molecule has 94 valence electrons. The molecule has 1 fully saturated rings. The molecule has 1 unspecified atom stereocenters. The molecule has 1 heterocycles. The van der Waals surface area contributed by atoms with Gasteiger partial charge in [0.05, 0.1) is 21.0 Å². The number of likely N-dealkylation sites (N-methyl/N-ethyl adjacent to an activating group) is 1. The first-order valence-corrected chi connectivity index (χ1v) is 6.73. The molecular weight excluding hydrogens is 334 g/mol. The summed E-state index contributed by atoms with van der Waals surface area (Å²) >= 11 is 1.94. The number of halogens is 2. The van der Waals surface area contributed by atoms with Gasteiger partial charge < -0.3 is 15.4 Å². The van der Waals surface area contributed by atoms with Gasteiger partial charge in [-0.1, -0.05) is 0 Å². The quantitative estimate of drug-likeness (QED) is 0.673. The molecule has 0 bridgehead atoms. The monoisotopic (exact) mass is 350 g/mol. The van der Waals surface area contributed by atoms with Crippen LogP contribution >= 0.6 is 22.6 Å². The summed E-state index contributed by atoms with van der Waals surface area (Å²) in [5.74, 6) is -0.228. The third-order valence-electron chi connectivity index (χ3n) is 2.98. The molecular formula is C12H16FIN2O. The molecule has 1 atom stereocenters. The van der Waals surface area contributed by atoms with Gasteiger partial charge in [-0.05, 0) is 41.5 Å². The zero-order chi connectivity index (χ0) is 12.4. The summed E-state index contributed by atoms with van der Waals surface area (Å²) in [5, 5.41) is 0. The fourth-order valence-corrected chi connectivity index (χ4v) is 2.57. The Balaban J connectivity index is 2.12.